The fraction of sp³-hybridized carbons (Fsp3) is 0.182. The number of rotatable bonds is 6. The highest BCUT2D eigenvalue weighted by molar-refractivity contribution is 6.33. The van der Waals surface area contributed by atoms with Gasteiger partial charge in [0, 0.05) is 17.2 Å². The van der Waals surface area contributed by atoms with Gasteiger partial charge >= 0.3 is 5.97 Å². The first kappa shape index (κ1) is 18.3. The van der Waals surface area contributed by atoms with Gasteiger partial charge in [-0.1, -0.05) is 54.1 Å². The second kappa shape index (κ2) is 7.90. The van der Waals surface area contributed by atoms with Gasteiger partial charge in [0.15, 0.2) is 0 Å². The summed E-state index contributed by atoms with van der Waals surface area (Å²) < 4.78 is 11.1. The molecule has 3 aromatic rings. The Morgan fingerprint density at radius 1 is 1.00 bits per heavy atom. The van der Waals surface area contributed by atoms with E-state index in [2.05, 4.69) is 5.32 Å². The van der Waals surface area contributed by atoms with Crippen LogP contribution >= 0.6 is 11.6 Å². The van der Waals surface area contributed by atoms with E-state index in [1.807, 2.05) is 18.2 Å². The smallest absolute Gasteiger partial charge is 0.375 e. The maximum Gasteiger partial charge on any atom is 0.375 e. The lowest BCUT2D eigenvalue weighted by Gasteiger charge is -2.17. The first-order valence-corrected chi connectivity index (χ1v) is 9.40. The predicted octanol–water partition coefficient (Wildman–Crippen LogP) is 4.78. The molecule has 4 rings (SSSR count). The minimum atomic E-state index is -1.04. The summed E-state index contributed by atoms with van der Waals surface area (Å²) in [5.41, 5.74) is 1.28. The Morgan fingerprint density at radius 3 is 2.43 bits per heavy atom. The average Bonchev–Trinajstić information content (AvgIpc) is 3.38. The molecule has 0 bridgehead atoms. The van der Waals surface area contributed by atoms with Crippen LogP contribution in [0.1, 0.15) is 35.1 Å². The van der Waals surface area contributed by atoms with Crippen LogP contribution in [-0.2, 0) is 9.53 Å². The highest BCUT2D eigenvalue weighted by atomic mass is 35.5. The molecule has 0 unspecified atom stereocenters. The molecule has 1 aromatic heterocycles. The minimum Gasteiger partial charge on any atom is -0.449 e. The molecule has 1 aliphatic rings. The van der Waals surface area contributed by atoms with Crippen molar-refractivity contribution in [3.8, 4) is 11.3 Å². The summed E-state index contributed by atoms with van der Waals surface area (Å²) >= 11 is 6.18. The van der Waals surface area contributed by atoms with E-state index in [0.717, 1.165) is 12.8 Å². The zero-order chi connectivity index (χ0) is 19.5. The largest absolute Gasteiger partial charge is 0.449 e. The summed E-state index contributed by atoms with van der Waals surface area (Å²) in [5, 5.41) is 3.40. The van der Waals surface area contributed by atoms with Crippen LogP contribution < -0.4 is 5.32 Å². The predicted molar refractivity (Wildman–Crippen MR) is 105 cm³/mol. The van der Waals surface area contributed by atoms with Crippen LogP contribution in [0, 0.1) is 0 Å². The van der Waals surface area contributed by atoms with E-state index in [9.17, 15) is 9.59 Å². The van der Waals surface area contributed by atoms with Gasteiger partial charge in [-0.15, -0.1) is 0 Å². The summed E-state index contributed by atoms with van der Waals surface area (Å²) in [7, 11) is 0. The van der Waals surface area contributed by atoms with Crippen LogP contribution in [0.3, 0.4) is 0 Å². The van der Waals surface area contributed by atoms with E-state index in [-0.39, 0.29) is 17.7 Å². The molecule has 1 fully saturated rings. The van der Waals surface area contributed by atoms with E-state index in [4.69, 9.17) is 20.8 Å². The van der Waals surface area contributed by atoms with Crippen molar-refractivity contribution in [2.45, 2.75) is 25.0 Å². The number of carbonyl (C=O) groups is 2. The number of carbonyl (C=O) groups excluding carboxylic acids is 2. The Balaban J connectivity index is 1.54. The van der Waals surface area contributed by atoms with Crippen molar-refractivity contribution in [2.75, 3.05) is 0 Å². The van der Waals surface area contributed by atoms with Gasteiger partial charge in [0.25, 0.3) is 5.91 Å². The van der Waals surface area contributed by atoms with Gasteiger partial charge < -0.3 is 14.5 Å². The number of nitrogens with one attached hydrogen (secondary N) is 1. The van der Waals surface area contributed by atoms with Gasteiger partial charge in [-0.2, -0.15) is 0 Å². The number of furan rings is 1. The molecule has 0 aliphatic heterocycles. The first-order valence-electron chi connectivity index (χ1n) is 9.03. The minimum absolute atomic E-state index is 0.00933. The lowest BCUT2D eigenvalue weighted by Crippen LogP contribution is -2.33. The zero-order valence-corrected chi connectivity index (χ0v) is 15.7. The number of hydrogen-bond donors (Lipinski definition) is 1. The number of ether oxygens (including phenoxy) is 1. The van der Waals surface area contributed by atoms with E-state index in [1.165, 1.54) is 6.07 Å². The summed E-state index contributed by atoms with van der Waals surface area (Å²) in [6.45, 7) is 0. The third-order valence-electron chi connectivity index (χ3n) is 4.44. The Bertz CT molecular complexity index is 995. The van der Waals surface area contributed by atoms with Gasteiger partial charge in [-0.3, -0.25) is 4.79 Å². The van der Waals surface area contributed by atoms with Crippen molar-refractivity contribution in [3.05, 3.63) is 83.1 Å². The van der Waals surface area contributed by atoms with Gasteiger partial charge in [0.05, 0.1) is 5.02 Å². The third-order valence-corrected chi connectivity index (χ3v) is 4.77. The number of amides is 1. The normalized spacial score (nSPS) is 14.3. The molecule has 1 aliphatic carbocycles. The van der Waals surface area contributed by atoms with Gasteiger partial charge in [0.1, 0.15) is 5.76 Å². The van der Waals surface area contributed by atoms with Gasteiger partial charge in [-0.05, 0) is 37.1 Å². The fourth-order valence-corrected chi connectivity index (χ4v) is 3.05. The van der Waals surface area contributed by atoms with E-state index >= 15 is 0 Å². The van der Waals surface area contributed by atoms with E-state index in [0.29, 0.717) is 21.9 Å². The molecule has 1 atom stereocenters. The first-order chi connectivity index (χ1) is 13.6. The average molecular weight is 396 g/mol. The number of benzene rings is 2. The zero-order valence-electron chi connectivity index (χ0n) is 14.9. The molecular formula is C22H18ClNO4. The van der Waals surface area contributed by atoms with Gasteiger partial charge in [-0.25, -0.2) is 4.79 Å². The van der Waals surface area contributed by atoms with Gasteiger partial charge in [0.2, 0.25) is 11.9 Å². The van der Waals surface area contributed by atoms with Crippen molar-refractivity contribution in [3.63, 3.8) is 0 Å². The summed E-state index contributed by atoms with van der Waals surface area (Å²) in [6, 6.07) is 19.4. The third kappa shape index (κ3) is 4.10. The van der Waals surface area contributed by atoms with Crippen molar-refractivity contribution in [2.24, 2.45) is 0 Å². The highest BCUT2D eigenvalue weighted by Crippen LogP contribution is 2.30. The highest BCUT2D eigenvalue weighted by Gasteiger charge is 2.31. The Hall–Kier alpha value is -3.05. The molecule has 2 aromatic carbocycles. The van der Waals surface area contributed by atoms with E-state index < -0.39 is 12.1 Å². The lowest BCUT2D eigenvalue weighted by atomic mass is 10.1. The molecule has 1 saturated carbocycles. The molecule has 0 saturated heterocycles. The molecule has 1 N–H and O–H groups in total. The van der Waals surface area contributed by atoms with Crippen molar-refractivity contribution >= 4 is 23.5 Å². The second-order valence-electron chi connectivity index (χ2n) is 6.62. The Labute approximate surface area is 167 Å². The summed E-state index contributed by atoms with van der Waals surface area (Å²) in [6.07, 6.45) is 0.851. The molecule has 0 radical (unpaired) electrons. The molecule has 28 heavy (non-hydrogen) atoms. The van der Waals surface area contributed by atoms with Crippen molar-refractivity contribution in [1.82, 2.24) is 5.32 Å². The Kier molecular flexibility index (Phi) is 5.17. The molecule has 0 spiro atoms. The van der Waals surface area contributed by atoms with Crippen molar-refractivity contribution in [1.29, 1.82) is 0 Å². The standard InChI is InChI=1S/C22H18ClNO4/c23-17-9-5-4-8-16(17)18-12-13-19(27-18)22(26)28-20(14-6-2-1-3-7-14)21(25)24-15-10-11-15/h1-9,12-13,15,20H,10-11H2,(H,24,25)/t20-/m0/s1. The van der Waals surface area contributed by atoms with E-state index in [1.54, 1.807) is 42.5 Å². The molecule has 142 valence electrons. The maximum atomic E-state index is 12.6. The number of halogens is 1. The quantitative estimate of drug-likeness (QED) is 0.610. The monoisotopic (exact) mass is 395 g/mol. The number of esters is 1. The fourth-order valence-electron chi connectivity index (χ4n) is 2.82. The van der Waals surface area contributed by atoms with Crippen LogP contribution in [-0.4, -0.2) is 17.9 Å². The summed E-state index contributed by atoms with van der Waals surface area (Å²) in [5.74, 6) is -0.579. The lowest BCUT2D eigenvalue weighted by molar-refractivity contribution is -0.130. The molecule has 5 nitrogen and oxygen atoms in total. The SMILES string of the molecule is O=C(O[C@H](C(=O)NC1CC1)c1ccccc1)c1ccc(-c2ccccc2Cl)o1. The van der Waals surface area contributed by atoms with Crippen LogP contribution in [0.4, 0.5) is 0 Å². The maximum absolute atomic E-state index is 12.6. The molecule has 6 heteroatoms. The summed E-state index contributed by atoms with van der Waals surface area (Å²) in [4.78, 5) is 25.2. The van der Waals surface area contributed by atoms with Crippen molar-refractivity contribution < 1.29 is 18.7 Å². The van der Waals surface area contributed by atoms with Crippen LogP contribution in [0.25, 0.3) is 11.3 Å². The van der Waals surface area contributed by atoms with Crippen LogP contribution in [0.2, 0.25) is 5.02 Å². The number of hydrogen-bond acceptors (Lipinski definition) is 4. The molecular weight excluding hydrogens is 378 g/mol. The molecule has 1 heterocycles. The second-order valence-corrected chi connectivity index (χ2v) is 7.03. The van der Waals surface area contributed by atoms with Crippen LogP contribution in [0.5, 0.6) is 0 Å². The van der Waals surface area contributed by atoms with Crippen LogP contribution in [0.15, 0.2) is 71.1 Å². The molecule has 1 amide bonds. The topological polar surface area (TPSA) is 68.5 Å². The Morgan fingerprint density at radius 2 is 1.71 bits per heavy atom.